The minimum atomic E-state index is 0. The van der Waals surface area contributed by atoms with Crippen LogP contribution in [-0.2, 0) is 11.2 Å². The lowest BCUT2D eigenvalue weighted by Crippen LogP contribution is -2.41. The van der Waals surface area contributed by atoms with Gasteiger partial charge >= 0.3 is 0 Å². The Morgan fingerprint density at radius 1 is 1.35 bits per heavy atom. The van der Waals surface area contributed by atoms with Gasteiger partial charge in [0.25, 0.3) is 0 Å². The van der Waals surface area contributed by atoms with Gasteiger partial charge in [-0.1, -0.05) is 19.9 Å². The van der Waals surface area contributed by atoms with E-state index in [4.69, 9.17) is 5.73 Å². The second-order valence-corrected chi connectivity index (χ2v) is 5.11. The van der Waals surface area contributed by atoms with Gasteiger partial charge in [0.15, 0.2) is 0 Å². The maximum atomic E-state index is 11.9. The van der Waals surface area contributed by atoms with Crippen molar-refractivity contribution >= 4 is 30.7 Å². The molecule has 0 fully saturated rings. The zero-order valence-corrected chi connectivity index (χ0v) is 13.9. The number of amides is 1. The van der Waals surface area contributed by atoms with Crippen molar-refractivity contribution in [2.45, 2.75) is 39.7 Å². The van der Waals surface area contributed by atoms with Crippen LogP contribution in [0.25, 0.3) is 0 Å². The molecule has 1 aromatic rings. The summed E-state index contributed by atoms with van der Waals surface area (Å²) in [5.74, 6) is 0.539. The number of carbonyl (C=O) groups excluding carboxylic acids is 1. The predicted octanol–water partition coefficient (Wildman–Crippen LogP) is 2.27. The summed E-state index contributed by atoms with van der Waals surface area (Å²) >= 11 is 0. The SMILES string of the molecule is Cc1ccc(CC(=O)NC(CN)CC(C)C)cn1.Cl.Cl. The first-order valence-electron chi connectivity index (χ1n) is 6.42. The highest BCUT2D eigenvalue weighted by atomic mass is 35.5. The van der Waals surface area contributed by atoms with E-state index in [1.54, 1.807) is 6.20 Å². The Morgan fingerprint density at radius 3 is 2.45 bits per heavy atom. The number of halogens is 2. The third kappa shape index (κ3) is 8.35. The fourth-order valence-corrected chi connectivity index (χ4v) is 1.85. The van der Waals surface area contributed by atoms with E-state index in [1.807, 2.05) is 19.1 Å². The van der Waals surface area contributed by atoms with Crippen LogP contribution >= 0.6 is 24.8 Å². The molecule has 0 spiro atoms. The first-order chi connectivity index (χ1) is 8.51. The molecule has 1 unspecified atom stereocenters. The third-order valence-electron chi connectivity index (χ3n) is 2.74. The molecule has 0 aliphatic heterocycles. The molecule has 1 atom stereocenters. The molecule has 4 nitrogen and oxygen atoms in total. The number of nitrogens with zero attached hydrogens (tertiary/aromatic N) is 1. The minimum absolute atomic E-state index is 0. The van der Waals surface area contributed by atoms with E-state index in [-0.39, 0.29) is 36.8 Å². The van der Waals surface area contributed by atoms with Gasteiger partial charge in [-0.05, 0) is 30.9 Å². The molecule has 6 heteroatoms. The molecule has 0 saturated heterocycles. The summed E-state index contributed by atoms with van der Waals surface area (Å²) in [6.07, 6.45) is 3.02. The van der Waals surface area contributed by atoms with E-state index in [0.29, 0.717) is 18.9 Å². The molecule has 20 heavy (non-hydrogen) atoms. The van der Waals surface area contributed by atoms with Gasteiger partial charge in [0.05, 0.1) is 6.42 Å². The highest BCUT2D eigenvalue weighted by Crippen LogP contribution is 2.05. The zero-order chi connectivity index (χ0) is 13.5. The number of hydrogen-bond acceptors (Lipinski definition) is 3. The highest BCUT2D eigenvalue weighted by molar-refractivity contribution is 5.85. The average molecular weight is 322 g/mol. The maximum Gasteiger partial charge on any atom is 0.224 e. The molecule has 1 rings (SSSR count). The Labute approximate surface area is 133 Å². The molecule has 1 heterocycles. The van der Waals surface area contributed by atoms with Gasteiger partial charge in [-0.15, -0.1) is 24.8 Å². The number of rotatable bonds is 6. The number of carbonyl (C=O) groups is 1. The summed E-state index contributed by atoms with van der Waals surface area (Å²) in [5, 5.41) is 2.97. The van der Waals surface area contributed by atoms with Gasteiger partial charge < -0.3 is 11.1 Å². The molecule has 0 bridgehead atoms. The van der Waals surface area contributed by atoms with Crippen molar-refractivity contribution in [3.05, 3.63) is 29.6 Å². The van der Waals surface area contributed by atoms with Crippen molar-refractivity contribution in [1.82, 2.24) is 10.3 Å². The van der Waals surface area contributed by atoms with Crippen LogP contribution in [0.2, 0.25) is 0 Å². The van der Waals surface area contributed by atoms with Crippen LogP contribution in [0.3, 0.4) is 0 Å². The number of aryl methyl sites for hydroxylation is 1. The lowest BCUT2D eigenvalue weighted by Gasteiger charge is -2.18. The Morgan fingerprint density at radius 2 is 2.00 bits per heavy atom. The van der Waals surface area contributed by atoms with Crippen LogP contribution in [0.5, 0.6) is 0 Å². The summed E-state index contributed by atoms with van der Waals surface area (Å²) < 4.78 is 0. The molecule has 0 saturated carbocycles. The normalized spacial score (nSPS) is 11.2. The van der Waals surface area contributed by atoms with Crippen molar-refractivity contribution in [2.75, 3.05) is 6.54 Å². The van der Waals surface area contributed by atoms with Crippen LogP contribution in [0.1, 0.15) is 31.5 Å². The Hall–Kier alpha value is -0.840. The average Bonchev–Trinajstić information content (AvgIpc) is 2.30. The fourth-order valence-electron chi connectivity index (χ4n) is 1.85. The van der Waals surface area contributed by atoms with E-state index < -0.39 is 0 Å². The third-order valence-corrected chi connectivity index (χ3v) is 2.74. The predicted molar refractivity (Wildman–Crippen MR) is 87.6 cm³/mol. The molecule has 116 valence electrons. The van der Waals surface area contributed by atoms with Gasteiger partial charge in [0.1, 0.15) is 0 Å². The number of pyridine rings is 1. The van der Waals surface area contributed by atoms with E-state index in [2.05, 4.69) is 24.1 Å². The molecule has 0 radical (unpaired) electrons. The minimum Gasteiger partial charge on any atom is -0.352 e. The molecule has 0 aliphatic rings. The summed E-state index contributed by atoms with van der Waals surface area (Å²) in [6.45, 7) is 6.66. The Kier molecular flexibility index (Phi) is 11.7. The van der Waals surface area contributed by atoms with Crippen molar-refractivity contribution in [3.63, 3.8) is 0 Å². The van der Waals surface area contributed by atoms with Gasteiger partial charge in [-0.2, -0.15) is 0 Å². The largest absolute Gasteiger partial charge is 0.352 e. The summed E-state index contributed by atoms with van der Waals surface area (Å²) in [6, 6.07) is 3.91. The van der Waals surface area contributed by atoms with Crippen LogP contribution in [0.4, 0.5) is 0 Å². The van der Waals surface area contributed by atoms with Crippen LogP contribution < -0.4 is 11.1 Å². The van der Waals surface area contributed by atoms with Crippen LogP contribution in [0, 0.1) is 12.8 Å². The van der Waals surface area contributed by atoms with E-state index in [1.165, 1.54) is 0 Å². The molecular formula is C14H25Cl2N3O. The Balaban J connectivity index is 0. The molecule has 1 aromatic heterocycles. The number of hydrogen-bond donors (Lipinski definition) is 2. The number of nitrogens with two attached hydrogens (primary N) is 1. The zero-order valence-electron chi connectivity index (χ0n) is 12.3. The molecule has 0 aromatic carbocycles. The summed E-state index contributed by atoms with van der Waals surface area (Å²) in [5.41, 5.74) is 7.54. The van der Waals surface area contributed by atoms with Gasteiger partial charge in [0.2, 0.25) is 5.91 Å². The number of nitrogens with one attached hydrogen (secondary N) is 1. The van der Waals surface area contributed by atoms with Crippen LogP contribution in [-0.4, -0.2) is 23.5 Å². The molecule has 0 aliphatic carbocycles. The topological polar surface area (TPSA) is 68.0 Å². The lowest BCUT2D eigenvalue weighted by molar-refractivity contribution is -0.121. The highest BCUT2D eigenvalue weighted by Gasteiger charge is 2.12. The molecule has 1 amide bonds. The Bertz CT molecular complexity index is 383. The van der Waals surface area contributed by atoms with Crippen LogP contribution in [0.15, 0.2) is 18.3 Å². The smallest absolute Gasteiger partial charge is 0.224 e. The molecule has 3 N–H and O–H groups in total. The summed E-state index contributed by atoms with van der Waals surface area (Å²) in [7, 11) is 0. The maximum absolute atomic E-state index is 11.9. The monoisotopic (exact) mass is 321 g/mol. The van der Waals surface area contributed by atoms with Gasteiger partial charge in [0, 0.05) is 24.5 Å². The second kappa shape index (κ2) is 10.9. The molecular weight excluding hydrogens is 297 g/mol. The van der Waals surface area contributed by atoms with E-state index >= 15 is 0 Å². The summed E-state index contributed by atoms with van der Waals surface area (Å²) in [4.78, 5) is 16.0. The first kappa shape index (κ1) is 21.5. The fraction of sp³-hybridized carbons (Fsp3) is 0.571. The first-order valence-corrected chi connectivity index (χ1v) is 6.42. The quantitative estimate of drug-likeness (QED) is 0.844. The number of aromatic nitrogens is 1. The van der Waals surface area contributed by atoms with E-state index in [9.17, 15) is 4.79 Å². The van der Waals surface area contributed by atoms with Crippen molar-refractivity contribution in [3.8, 4) is 0 Å². The van der Waals surface area contributed by atoms with E-state index in [0.717, 1.165) is 17.7 Å². The van der Waals surface area contributed by atoms with Crippen molar-refractivity contribution in [2.24, 2.45) is 11.7 Å². The lowest BCUT2D eigenvalue weighted by atomic mass is 10.0. The second-order valence-electron chi connectivity index (χ2n) is 5.11. The van der Waals surface area contributed by atoms with Crippen molar-refractivity contribution < 1.29 is 4.79 Å². The standard InChI is InChI=1S/C14H23N3O.2ClH/c1-10(2)6-13(8-15)17-14(18)7-12-5-4-11(3)16-9-12;;/h4-5,9-10,13H,6-8,15H2,1-3H3,(H,17,18);2*1H. The van der Waals surface area contributed by atoms with Gasteiger partial charge in [-0.25, -0.2) is 0 Å². The van der Waals surface area contributed by atoms with Crippen molar-refractivity contribution in [1.29, 1.82) is 0 Å². The van der Waals surface area contributed by atoms with Gasteiger partial charge in [-0.3, -0.25) is 9.78 Å².